The zero-order valence-electron chi connectivity index (χ0n) is 8.10. The van der Waals surface area contributed by atoms with Crippen molar-refractivity contribution in [2.75, 3.05) is 13.2 Å². The minimum atomic E-state index is -0.788. The van der Waals surface area contributed by atoms with Crippen molar-refractivity contribution < 1.29 is 29.3 Å². The first kappa shape index (κ1) is 12.9. The van der Waals surface area contributed by atoms with Gasteiger partial charge in [-0.25, -0.2) is 9.59 Å². The quantitative estimate of drug-likeness (QED) is 0.551. The maximum absolute atomic E-state index is 10.6. The monoisotopic (exact) mass is 206 g/mol. The molecule has 0 heterocycles. The lowest BCUT2D eigenvalue weighted by Crippen LogP contribution is -2.32. The number of hydrogen-bond acceptors (Lipinski definition) is 6. The zero-order valence-corrected chi connectivity index (χ0v) is 8.10. The largest absolute Gasteiger partial charge is 0.457 e. The van der Waals surface area contributed by atoms with Gasteiger partial charge in [0.2, 0.25) is 0 Å². The summed E-state index contributed by atoms with van der Waals surface area (Å²) in [5.41, 5.74) is 0. The van der Waals surface area contributed by atoms with Crippen molar-refractivity contribution in [2.24, 2.45) is 0 Å². The molecule has 0 aromatic rings. The fourth-order valence-corrected chi connectivity index (χ4v) is 0.681. The van der Waals surface area contributed by atoms with Gasteiger partial charge in [0.15, 0.2) is 0 Å². The molecule has 2 atom stereocenters. The van der Waals surface area contributed by atoms with Crippen LogP contribution in [0.1, 0.15) is 13.8 Å². The number of ether oxygens (including phenoxy) is 2. The molecular weight excluding hydrogens is 192 g/mol. The van der Waals surface area contributed by atoms with Crippen molar-refractivity contribution in [3.05, 3.63) is 0 Å². The number of carbonyl (C=O) groups is 2. The molecule has 0 radical (unpaired) electrons. The van der Waals surface area contributed by atoms with Crippen molar-refractivity contribution in [2.45, 2.75) is 26.1 Å². The maximum atomic E-state index is 10.6. The summed E-state index contributed by atoms with van der Waals surface area (Å²) in [6, 6.07) is 0. The number of carbonyl (C=O) groups excluding carboxylic acids is 2. The molecular formula is C8H14O6. The molecule has 0 aliphatic carbocycles. The van der Waals surface area contributed by atoms with Crippen LogP contribution in [0.3, 0.4) is 0 Å². The second-order valence-electron chi connectivity index (χ2n) is 2.71. The second kappa shape index (κ2) is 6.33. The molecule has 0 aromatic heterocycles. The van der Waals surface area contributed by atoms with E-state index in [1.165, 1.54) is 13.8 Å². The molecule has 0 bridgehead atoms. The molecule has 0 amide bonds. The van der Waals surface area contributed by atoms with Crippen molar-refractivity contribution in [3.8, 4) is 0 Å². The number of aliphatic hydroxyl groups excluding tert-OH is 2. The van der Waals surface area contributed by atoms with Gasteiger partial charge in [-0.05, 0) is 13.8 Å². The Hall–Kier alpha value is -1.14. The number of aliphatic hydroxyl groups is 2. The Morgan fingerprint density at radius 2 is 1.29 bits per heavy atom. The highest BCUT2D eigenvalue weighted by molar-refractivity contribution is 5.71. The Balaban J connectivity index is 3.92. The molecule has 6 heteroatoms. The van der Waals surface area contributed by atoms with Gasteiger partial charge in [0.25, 0.3) is 0 Å². The predicted molar refractivity (Wildman–Crippen MR) is 45.3 cm³/mol. The predicted octanol–water partition coefficient (Wildman–Crippen LogP) is -1.17. The van der Waals surface area contributed by atoms with Crippen LogP contribution in [0.15, 0.2) is 0 Å². The summed E-state index contributed by atoms with van der Waals surface area (Å²) in [5.74, 6) is -1.58. The third-order valence-electron chi connectivity index (χ3n) is 1.55. The normalized spacial score (nSPS) is 14.3. The Morgan fingerprint density at radius 3 is 1.50 bits per heavy atom. The maximum Gasteiger partial charge on any atom is 0.332 e. The Labute approximate surface area is 81.4 Å². The fourth-order valence-electron chi connectivity index (χ4n) is 0.681. The smallest absolute Gasteiger partial charge is 0.332 e. The van der Waals surface area contributed by atoms with E-state index in [1.54, 1.807) is 0 Å². The molecule has 0 fully saturated rings. The van der Waals surface area contributed by atoms with Crippen LogP contribution in [0.25, 0.3) is 0 Å². The molecule has 82 valence electrons. The van der Waals surface area contributed by atoms with Crippen molar-refractivity contribution >= 4 is 11.9 Å². The van der Waals surface area contributed by atoms with E-state index in [2.05, 4.69) is 9.47 Å². The molecule has 0 spiro atoms. The summed E-state index contributed by atoms with van der Waals surface area (Å²) in [4.78, 5) is 21.2. The molecule has 0 aliphatic rings. The number of rotatable bonds is 5. The molecule has 6 nitrogen and oxygen atoms in total. The zero-order chi connectivity index (χ0) is 11.1. The van der Waals surface area contributed by atoms with E-state index in [0.29, 0.717) is 0 Å². The van der Waals surface area contributed by atoms with E-state index in [9.17, 15) is 9.59 Å². The van der Waals surface area contributed by atoms with Gasteiger partial charge in [-0.1, -0.05) is 0 Å². The van der Waals surface area contributed by atoms with Crippen LogP contribution in [0.4, 0.5) is 0 Å². The summed E-state index contributed by atoms with van der Waals surface area (Å²) >= 11 is 0. The molecule has 0 unspecified atom stereocenters. The molecule has 0 aliphatic heterocycles. The molecule has 0 saturated carbocycles. The third kappa shape index (κ3) is 4.78. The van der Waals surface area contributed by atoms with Crippen LogP contribution in [0.2, 0.25) is 0 Å². The summed E-state index contributed by atoms with van der Waals surface area (Å²) in [6.45, 7) is 1.60. The van der Waals surface area contributed by atoms with Crippen LogP contribution >= 0.6 is 0 Å². The van der Waals surface area contributed by atoms with Crippen LogP contribution in [0, 0.1) is 0 Å². The van der Waals surface area contributed by atoms with Gasteiger partial charge < -0.3 is 19.7 Å². The first-order valence-corrected chi connectivity index (χ1v) is 4.12. The standard InChI is InChI=1S/C8H14O6/c1-5(13-7(11)3-9)6(2)14-8(12)4-10/h5-6,9-10H,3-4H2,1-2H3/t5-,6-/m0/s1. The lowest BCUT2D eigenvalue weighted by molar-refractivity contribution is -0.168. The highest BCUT2D eigenvalue weighted by atomic mass is 16.6. The van der Waals surface area contributed by atoms with Crippen LogP contribution < -0.4 is 0 Å². The topological polar surface area (TPSA) is 93.1 Å². The van der Waals surface area contributed by atoms with E-state index >= 15 is 0 Å². The third-order valence-corrected chi connectivity index (χ3v) is 1.55. The first-order chi connectivity index (χ1) is 6.51. The Morgan fingerprint density at radius 1 is 1.00 bits per heavy atom. The lowest BCUT2D eigenvalue weighted by Gasteiger charge is -2.19. The van der Waals surface area contributed by atoms with Crippen LogP contribution in [-0.4, -0.2) is 47.6 Å². The van der Waals surface area contributed by atoms with E-state index in [0.717, 1.165) is 0 Å². The van der Waals surface area contributed by atoms with Gasteiger partial charge in [0.05, 0.1) is 0 Å². The minimum Gasteiger partial charge on any atom is -0.457 e. The van der Waals surface area contributed by atoms with E-state index in [4.69, 9.17) is 10.2 Å². The minimum absolute atomic E-state index is 0.662. The summed E-state index contributed by atoms with van der Waals surface area (Å²) < 4.78 is 9.32. The molecule has 0 rings (SSSR count). The number of hydrogen-bond donors (Lipinski definition) is 2. The van der Waals surface area contributed by atoms with Gasteiger partial charge in [0, 0.05) is 0 Å². The molecule has 2 N–H and O–H groups in total. The highest BCUT2D eigenvalue weighted by Crippen LogP contribution is 2.03. The second-order valence-corrected chi connectivity index (χ2v) is 2.71. The summed E-state index contributed by atoms with van der Waals surface area (Å²) in [7, 11) is 0. The average Bonchev–Trinajstić information content (AvgIpc) is 2.17. The van der Waals surface area contributed by atoms with E-state index in [-0.39, 0.29) is 0 Å². The summed E-state index contributed by atoms with van der Waals surface area (Å²) in [6.07, 6.45) is -1.32. The Kier molecular flexibility index (Phi) is 5.82. The average molecular weight is 206 g/mol. The fraction of sp³-hybridized carbons (Fsp3) is 0.750. The van der Waals surface area contributed by atoms with Gasteiger partial charge in [0.1, 0.15) is 25.4 Å². The van der Waals surface area contributed by atoms with Crippen molar-refractivity contribution in [1.82, 2.24) is 0 Å². The van der Waals surface area contributed by atoms with Gasteiger partial charge in [-0.2, -0.15) is 0 Å². The Bertz CT molecular complexity index is 180. The van der Waals surface area contributed by atoms with E-state index < -0.39 is 37.4 Å². The van der Waals surface area contributed by atoms with Crippen LogP contribution in [-0.2, 0) is 19.1 Å². The molecule has 0 aromatic carbocycles. The molecule has 0 saturated heterocycles. The SMILES string of the molecule is C[C@H](OC(=O)CO)[C@H](C)OC(=O)CO. The first-order valence-electron chi connectivity index (χ1n) is 4.12. The molecule has 14 heavy (non-hydrogen) atoms. The van der Waals surface area contributed by atoms with Gasteiger partial charge in [-0.3, -0.25) is 0 Å². The number of esters is 2. The van der Waals surface area contributed by atoms with Gasteiger partial charge in [-0.15, -0.1) is 0 Å². The van der Waals surface area contributed by atoms with Crippen molar-refractivity contribution in [3.63, 3.8) is 0 Å². The van der Waals surface area contributed by atoms with E-state index in [1.807, 2.05) is 0 Å². The van der Waals surface area contributed by atoms with Crippen molar-refractivity contribution in [1.29, 1.82) is 0 Å². The summed E-state index contributed by atoms with van der Waals surface area (Å²) in [5, 5.41) is 16.7. The van der Waals surface area contributed by atoms with Crippen LogP contribution in [0.5, 0.6) is 0 Å². The lowest BCUT2D eigenvalue weighted by atomic mass is 10.2. The van der Waals surface area contributed by atoms with Gasteiger partial charge >= 0.3 is 11.9 Å². The highest BCUT2D eigenvalue weighted by Gasteiger charge is 2.19.